The molecule has 0 aromatic carbocycles. The lowest BCUT2D eigenvalue weighted by Gasteiger charge is -2.29. The van der Waals surface area contributed by atoms with Gasteiger partial charge in [0.1, 0.15) is 11.8 Å². The second-order valence-electron chi connectivity index (χ2n) is 4.77. The zero-order chi connectivity index (χ0) is 14.5. The number of nitriles is 1. The number of pyridine rings is 1. The molecule has 1 aliphatic heterocycles. The van der Waals surface area contributed by atoms with Gasteiger partial charge in [0.25, 0.3) is 0 Å². The third-order valence-electron chi connectivity index (χ3n) is 3.57. The van der Waals surface area contributed by atoms with Crippen molar-refractivity contribution in [2.45, 2.75) is 19.5 Å². The summed E-state index contributed by atoms with van der Waals surface area (Å²) < 4.78 is 5.31. The molecule has 6 heteroatoms. The van der Waals surface area contributed by atoms with Crippen LogP contribution in [0.3, 0.4) is 0 Å². The van der Waals surface area contributed by atoms with E-state index < -0.39 is 11.9 Å². The lowest BCUT2D eigenvalue weighted by atomic mass is 10.0. The Labute approximate surface area is 117 Å². The Hall–Kier alpha value is -1.97. The molecule has 2 heterocycles. The fourth-order valence-electron chi connectivity index (χ4n) is 2.47. The van der Waals surface area contributed by atoms with Crippen molar-refractivity contribution >= 4 is 5.97 Å². The minimum absolute atomic E-state index is 0.129. The Morgan fingerprint density at radius 3 is 3.10 bits per heavy atom. The van der Waals surface area contributed by atoms with Crippen molar-refractivity contribution in [2.24, 2.45) is 5.92 Å². The first-order valence-corrected chi connectivity index (χ1v) is 6.55. The second kappa shape index (κ2) is 6.46. The molecule has 0 bridgehead atoms. The van der Waals surface area contributed by atoms with Gasteiger partial charge in [-0.25, -0.2) is 4.98 Å². The largest absolute Gasteiger partial charge is 0.481 e. The summed E-state index contributed by atoms with van der Waals surface area (Å²) in [5.41, 5.74) is 1.32. The molecule has 20 heavy (non-hydrogen) atoms. The standard InChI is InChI=1S/C14H17N3O3/c1-2-17(13-9-20-8-12(13)14(18)19)7-10-3-4-16-11(5-10)6-15/h3-5,12-13H,2,7-9H2,1H3,(H,18,19). The van der Waals surface area contributed by atoms with Crippen molar-refractivity contribution < 1.29 is 14.6 Å². The van der Waals surface area contributed by atoms with Crippen LogP contribution in [0.5, 0.6) is 0 Å². The first-order chi connectivity index (χ1) is 9.65. The van der Waals surface area contributed by atoms with Gasteiger partial charge >= 0.3 is 5.97 Å². The molecule has 1 N–H and O–H groups in total. The van der Waals surface area contributed by atoms with Gasteiger partial charge in [-0.1, -0.05) is 6.92 Å². The van der Waals surface area contributed by atoms with E-state index in [1.807, 2.05) is 19.1 Å². The lowest BCUT2D eigenvalue weighted by molar-refractivity contribution is -0.143. The zero-order valence-corrected chi connectivity index (χ0v) is 11.3. The minimum Gasteiger partial charge on any atom is -0.481 e. The number of hydrogen-bond donors (Lipinski definition) is 1. The number of carboxylic acid groups (broad SMARTS) is 1. The second-order valence-corrected chi connectivity index (χ2v) is 4.77. The van der Waals surface area contributed by atoms with Crippen molar-refractivity contribution in [3.05, 3.63) is 29.6 Å². The summed E-state index contributed by atoms with van der Waals surface area (Å²) in [6, 6.07) is 5.45. The molecule has 1 aromatic rings. The van der Waals surface area contributed by atoms with Crippen LogP contribution in [0.2, 0.25) is 0 Å². The SMILES string of the molecule is CCN(Cc1ccnc(C#N)c1)C1COCC1C(=O)O. The van der Waals surface area contributed by atoms with Crippen LogP contribution in [0, 0.1) is 17.2 Å². The molecular formula is C14H17N3O3. The highest BCUT2D eigenvalue weighted by molar-refractivity contribution is 5.71. The molecule has 2 rings (SSSR count). The van der Waals surface area contributed by atoms with E-state index in [4.69, 9.17) is 10.00 Å². The maximum Gasteiger partial charge on any atom is 0.310 e. The van der Waals surface area contributed by atoms with Crippen molar-refractivity contribution in [1.82, 2.24) is 9.88 Å². The summed E-state index contributed by atoms with van der Waals surface area (Å²) in [6.45, 7) is 3.99. The minimum atomic E-state index is -0.821. The van der Waals surface area contributed by atoms with Crippen molar-refractivity contribution in [2.75, 3.05) is 19.8 Å². The van der Waals surface area contributed by atoms with E-state index in [1.165, 1.54) is 0 Å². The third kappa shape index (κ3) is 3.13. The number of nitrogens with zero attached hydrogens (tertiary/aromatic N) is 3. The van der Waals surface area contributed by atoms with Gasteiger partial charge in [-0.15, -0.1) is 0 Å². The predicted octanol–water partition coefficient (Wildman–Crippen LogP) is 0.875. The quantitative estimate of drug-likeness (QED) is 0.858. The van der Waals surface area contributed by atoms with Gasteiger partial charge in [-0.05, 0) is 24.2 Å². The number of hydrogen-bond acceptors (Lipinski definition) is 5. The molecule has 1 aliphatic rings. The number of carboxylic acids is 1. The van der Waals surface area contributed by atoms with Crippen molar-refractivity contribution in [3.63, 3.8) is 0 Å². The van der Waals surface area contributed by atoms with E-state index in [2.05, 4.69) is 9.88 Å². The Kier molecular flexibility index (Phi) is 4.66. The smallest absolute Gasteiger partial charge is 0.310 e. The number of rotatable bonds is 5. The number of aromatic nitrogens is 1. The van der Waals surface area contributed by atoms with Crippen LogP contribution in [0.4, 0.5) is 0 Å². The maximum absolute atomic E-state index is 11.2. The molecule has 106 valence electrons. The molecule has 2 atom stereocenters. The molecular weight excluding hydrogens is 258 g/mol. The molecule has 1 aromatic heterocycles. The summed E-state index contributed by atoms with van der Waals surface area (Å²) in [5, 5.41) is 18.1. The highest BCUT2D eigenvalue weighted by atomic mass is 16.5. The third-order valence-corrected chi connectivity index (χ3v) is 3.57. The highest BCUT2D eigenvalue weighted by Crippen LogP contribution is 2.21. The molecule has 0 aliphatic carbocycles. The van der Waals surface area contributed by atoms with E-state index in [9.17, 15) is 9.90 Å². The van der Waals surface area contributed by atoms with Gasteiger partial charge in [0.05, 0.1) is 19.1 Å². The van der Waals surface area contributed by atoms with Gasteiger partial charge in [-0.2, -0.15) is 5.26 Å². The van der Waals surface area contributed by atoms with E-state index in [-0.39, 0.29) is 12.6 Å². The number of carbonyl (C=O) groups is 1. The summed E-state index contributed by atoms with van der Waals surface area (Å²) in [6.07, 6.45) is 1.60. The molecule has 2 unspecified atom stereocenters. The van der Waals surface area contributed by atoms with Gasteiger partial charge in [0, 0.05) is 18.8 Å². The first kappa shape index (κ1) is 14.4. The Bertz CT molecular complexity index is 527. The monoisotopic (exact) mass is 275 g/mol. The summed E-state index contributed by atoms with van der Waals surface area (Å²) >= 11 is 0. The lowest BCUT2D eigenvalue weighted by Crippen LogP contribution is -2.42. The number of likely N-dealkylation sites (N-methyl/N-ethyl adjacent to an activating group) is 1. The summed E-state index contributed by atoms with van der Waals surface area (Å²) in [7, 11) is 0. The van der Waals surface area contributed by atoms with E-state index >= 15 is 0 Å². The summed E-state index contributed by atoms with van der Waals surface area (Å²) in [4.78, 5) is 17.2. The number of ether oxygens (including phenoxy) is 1. The predicted molar refractivity (Wildman–Crippen MR) is 70.8 cm³/mol. The van der Waals surface area contributed by atoms with Gasteiger partial charge in [0.15, 0.2) is 0 Å². The molecule has 1 saturated heterocycles. The molecule has 6 nitrogen and oxygen atoms in total. The molecule has 0 amide bonds. The van der Waals surface area contributed by atoms with Crippen LogP contribution in [0.1, 0.15) is 18.2 Å². The van der Waals surface area contributed by atoms with Crippen LogP contribution >= 0.6 is 0 Å². The normalized spacial score (nSPS) is 21.9. The van der Waals surface area contributed by atoms with E-state index in [1.54, 1.807) is 12.3 Å². The topological polar surface area (TPSA) is 86.5 Å². The van der Waals surface area contributed by atoms with E-state index in [0.717, 1.165) is 12.1 Å². The van der Waals surface area contributed by atoms with Crippen LogP contribution in [0.15, 0.2) is 18.3 Å². The summed E-state index contributed by atoms with van der Waals surface area (Å²) in [5.74, 6) is -1.31. The Morgan fingerprint density at radius 1 is 1.65 bits per heavy atom. The Morgan fingerprint density at radius 2 is 2.45 bits per heavy atom. The molecule has 0 spiro atoms. The fourth-order valence-corrected chi connectivity index (χ4v) is 2.47. The zero-order valence-electron chi connectivity index (χ0n) is 11.3. The average molecular weight is 275 g/mol. The van der Waals surface area contributed by atoms with Crippen LogP contribution in [-0.4, -0.2) is 46.8 Å². The Balaban J connectivity index is 2.12. The first-order valence-electron chi connectivity index (χ1n) is 6.55. The molecule has 1 fully saturated rings. The molecule has 0 radical (unpaired) electrons. The van der Waals surface area contributed by atoms with Crippen molar-refractivity contribution in [3.8, 4) is 6.07 Å². The van der Waals surface area contributed by atoms with E-state index in [0.29, 0.717) is 18.8 Å². The van der Waals surface area contributed by atoms with Gasteiger partial charge in [0.2, 0.25) is 0 Å². The van der Waals surface area contributed by atoms with Crippen LogP contribution in [-0.2, 0) is 16.1 Å². The molecule has 0 saturated carbocycles. The van der Waals surface area contributed by atoms with Gasteiger partial charge < -0.3 is 9.84 Å². The highest BCUT2D eigenvalue weighted by Gasteiger charge is 2.37. The van der Waals surface area contributed by atoms with Crippen LogP contribution < -0.4 is 0 Å². The maximum atomic E-state index is 11.2. The van der Waals surface area contributed by atoms with Crippen LogP contribution in [0.25, 0.3) is 0 Å². The fraction of sp³-hybridized carbons (Fsp3) is 0.500. The van der Waals surface area contributed by atoms with Crippen molar-refractivity contribution in [1.29, 1.82) is 5.26 Å². The average Bonchev–Trinajstić information content (AvgIpc) is 2.94. The number of aliphatic carboxylic acids is 1. The van der Waals surface area contributed by atoms with Gasteiger partial charge in [-0.3, -0.25) is 9.69 Å².